The molecule has 0 aliphatic rings. The average molecular weight is 298 g/mol. The Morgan fingerprint density at radius 2 is 1.95 bits per heavy atom. The fraction of sp³-hybridized carbons (Fsp3) is 0.462. The number of thiophene rings is 1. The van der Waals surface area contributed by atoms with Gasteiger partial charge in [0.05, 0.1) is 12.5 Å². The molecular formula is C13H18N2O4S. The molecule has 0 radical (unpaired) electrons. The second-order valence-electron chi connectivity index (χ2n) is 4.51. The lowest BCUT2D eigenvalue weighted by Crippen LogP contribution is -2.40. The number of rotatable bonds is 5. The maximum atomic E-state index is 11.6. The van der Waals surface area contributed by atoms with Crippen molar-refractivity contribution in [3.63, 3.8) is 0 Å². The van der Waals surface area contributed by atoms with Crippen LogP contribution in [-0.4, -0.2) is 23.0 Å². The zero-order valence-electron chi connectivity index (χ0n) is 11.6. The molecule has 0 aromatic carbocycles. The van der Waals surface area contributed by atoms with Gasteiger partial charge < -0.3 is 10.4 Å². The first-order valence-electron chi connectivity index (χ1n) is 6.18. The highest BCUT2D eigenvalue weighted by Gasteiger charge is 2.15. The summed E-state index contributed by atoms with van der Waals surface area (Å²) in [6.45, 7) is 5.79. The predicted octanol–water partition coefficient (Wildman–Crippen LogP) is 2.12. The second kappa shape index (κ2) is 7.04. The summed E-state index contributed by atoms with van der Waals surface area (Å²) in [6.07, 6.45) is -0.509. The predicted molar refractivity (Wildman–Crippen MR) is 75.8 cm³/mol. The molecule has 7 heteroatoms. The summed E-state index contributed by atoms with van der Waals surface area (Å²) in [6, 6.07) is 1.17. The molecule has 1 aromatic rings. The van der Waals surface area contributed by atoms with Crippen LogP contribution in [-0.2, 0) is 9.59 Å². The van der Waals surface area contributed by atoms with Gasteiger partial charge in [0.1, 0.15) is 0 Å². The standard InChI is InChI=1S/C13H18N2O4S/c1-7-6-10(9(3)20-7)8(2)14-13(19)15-11(16)4-5-12(17)18/h6,8H,4-5H2,1-3H3,(H,17,18)(H2,14,15,16,19). The van der Waals surface area contributed by atoms with Crippen LogP contribution in [0.4, 0.5) is 4.79 Å². The van der Waals surface area contributed by atoms with E-state index in [1.54, 1.807) is 11.3 Å². The molecule has 0 aliphatic heterocycles. The summed E-state index contributed by atoms with van der Waals surface area (Å²) < 4.78 is 0. The zero-order valence-corrected chi connectivity index (χ0v) is 12.5. The summed E-state index contributed by atoms with van der Waals surface area (Å²) in [5.74, 6) is -1.67. The fourth-order valence-electron chi connectivity index (χ4n) is 1.80. The lowest BCUT2D eigenvalue weighted by Gasteiger charge is -2.14. The highest BCUT2D eigenvalue weighted by molar-refractivity contribution is 7.12. The van der Waals surface area contributed by atoms with E-state index in [0.717, 1.165) is 15.3 Å². The molecule has 1 aromatic heterocycles. The van der Waals surface area contributed by atoms with Crippen LogP contribution in [0.25, 0.3) is 0 Å². The van der Waals surface area contributed by atoms with Crippen LogP contribution in [0.2, 0.25) is 0 Å². The van der Waals surface area contributed by atoms with Crippen molar-refractivity contribution in [1.82, 2.24) is 10.6 Å². The maximum Gasteiger partial charge on any atom is 0.321 e. The lowest BCUT2D eigenvalue weighted by molar-refractivity contribution is -0.138. The third-order valence-electron chi connectivity index (χ3n) is 2.71. The summed E-state index contributed by atoms with van der Waals surface area (Å²) in [5.41, 5.74) is 1.01. The van der Waals surface area contributed by atoms with Gasteiger partial charge in [0.25, 0.3) is 0 Å². The number of carboxylic acid groups (broad SMARTS) is 1. The van der Waals surface area contributed by atoms with E-state index in [1.807, 2.05) is 26.8 Å². The van der Waals surface area contributed by atoms with Crippen molar-refractivity contribution in [3.8, 4) is 0 Å². The molecule has 0 bridgehead atoms. The highest BCUT2D eigenvalue weighted by Crippen LogP contribution is 2.25. The largest absolute Gasteiger partial charge is 0.481 e. The summed E-state index contributed by atoms with van der Waals surface area (Å²) in [5, 5.41) is 13.2. The molecule has 1 rings (SSSR count). The van der Waals surface area contributed by atoms with Crippen molar-refractivity contribution in [3.05, 3.63) is 21.4 Å². The van der Waals surface area contributed by atoms with Crippen molar-refractivity contribution < 1.29 is 19.5 Å². The van der Waals surface area contributed by atoms with Crippen LogP contribution in [0.5, 0.6) is 0 Å². The van der Waals surface area contributed by atoms with E-state index in [0.29, 0.717) is 0 Å². The van der Waals surface area contributed by atoms with E-state index >= 15 is 0 Å². The van der Waals surface area contributed by atoms with E-state index < -0.39 is 17.9 Å². The van der Waals surface area contributed by atoms with Crippen molar-refractivity contribution in [2.24, 2.45) is 0 Å². The van der Waals surface area contributed by atoms with Gasteiger partial charge in [0.2, 0.25) is 5.91 Å². The molecule has 6 nitrogen and oxygen atoms in total. The van der Waals surface area contributed by atoms with Crippen molar-refractivity contribution >= 4 is 29.2 Å². The van der Waals surface area contributed by atoms with Gasteiger partial charge in [-0.1, -0.05) is 0 Å². The summed E-state index contributed by atoms with van der Waals surface area (Å²) in [4.78, 5) is 35.5. The molecular weight excluding hydrogens is 280 g/mol. The average Bonchev–Trinajstić information content (AvgIpc) is 2.65. The smallest absolute Gasteiger partial charge is 0.321 e. The Kier molecular flexibility index (Phi) is 5.69. The number of nitrogens with one attached hydrogen (secondary N) is 2. The molecule has 3 N–H and O–H groups in total. The molecule has 20 heavy (non-hydrogen) atoms. The number of hydrogen-bond acceptors (Lipinski definition) is 4. The lowest BCUT2D eigenvalue weighted by atomic mass is 10.1. The van der Waals surface area contributed by atoms with E-state index in [2.05, 4.69) is 10.6 Å². The van der Waals surface area contributed by atoms with Gasteiger partial charge in [-0.2, -0.15) is 0 Å². The van der Waals surface area contributed by atoms with Crippen molar-refractivity contribution in [1.29, 1.82) is 0 Å². The Morgan fingerprint density at radius 3 is 2.45 bits per heavy atom. The molecule has 1 heterocycles. The topological polar surface area (TPSA) is 95.5 Å². The molecule has 0 saturated heterocycles. The van der Waals surface area contributed by atoms with E-state index in [9.17, 15) is 14.4 Å². The van der Waals surface area contributed by atoms with Gasteiger partial charge >= 0.3 is 12.0 Å². The third kappa shape index (κ3) is 5.00. The summed E-state index contributed by atoms with van der Waals surface area (Å²) in [7, 11) is 0. The highest BCUT2D eigenvalue weighted by atomic mass is 32.1. The number of amides is 3. The Morgan fingerprint density at radius 1 is 1.30 bits per heavy atom. The number of carbonyl (C=O) groups is 3. The maximum absolute atomic E-state index is 11.6. The van der Waals surface area contributed by atoms with Crippen molar-refractivity contribution in [2.45, 2.75) is 39.7 Å². The number of aryl methyl sites for hydroxylation is 2. The Labute approximate surface area is 121 Å². The number of hydrogen-bond donors (Lipinski definition) is 3. The first-order chi connectivity index (χ1) is 9.29. The van der Waals surface area contributed by atoms with Crippen LogP contribution >= 0.6 is 11.3 Å². The number of urea groups is 1. The van der Waals surface area contributed by atoms with Crippen LogP contribution < -0.4 is 10.6 Å². The minimum Gasteiger partial charge on any atom is -0.481 e. The molecule has 0 fully saturated rings. The molecule has 3 amide bonds. The van der Waals surface area contributed by atoms with E-state index in [4.69, 9.17) is 5.11 Å². The van der Waals surface area contributed by atoms with Crippen molar-refractivity contribution in [2.75, 3.05) is 0 Å². The number of aliphatic carboxylic acids is 1. The van der Waals surface area contributed by atoms with Gasteiger partial charge in [-0.25, -0.2) is 4.79 Å². The van der Waals surface area contributed by atoms with Crippen LogP contribution in [0.3, 0.4) is 0 Å². The SMILES string of the molecule is Cc1cc(C(C)NC(=O)NC(=O)CCC(=O)O)c(C)s1. The van der Waals surface area contributed by atoms with E-state index in [1.165, 1.54) is 0 Å². The minimum absolute atomic E-state index is 0.215. The van der Waals surface area contributed by atoms with Crippen LogP contribution in [0, 0.1) is 13.8 Å². The molecule has 1 atom stereocenters. The molecule has 0 aliphatic carbocycles. The van der Waals surface area contributed by atoms with Gasteiger partial charge in [-0.05, 0) is 32.4 Å². The fourth-order valence-corrected chi connectivity index (χ4v) is 2.82. The number of imide groups is 1. The van der Waals surface area contributed by atoms with Crippen LogP contribution in [0.15, 0.2) is 6.07 Å². The Bertz CT molecular complexity index is 524. The van der Waals surface area contributed by atoms with Gasteiger partial charge in [0.15, 0.2) is 0 Å². The van der Waals surface area contributed by atoms with Gasteiger partial charge in [-0.15, -0.1) is 11.3 Å². The molecule has 0 saturated carbocycles. The minimum atomic E-state index is -1.07. The molecule has 1 unspecified atom stereocenters. The van der Waals surface area contributed by atoms with Gasteiger partial charge in [-0.3, -0.25) is 14.9 Å². The number of carboxylic acids is 1. The summed E-state index contributed by atoms with van der Waals surface area (Å²) >= 11 is 1.65. The normalized spacial score (nSPS) is 11.8. The van der Waals surface area contributed by atoms with E-state index in [-0.39, 0.29) is 18.9 Å². The monoisotopic (exact) mass is 298 g/mol. The first kappa shape index (κ1) is 16.2. The second-order valence-corrected chi connectivity index (χ2v) is 5.97. The third-order valence-corrected chi connectivity index (χ3v) is 3.69. The van der Waals surface area contributed by atoms with Gasteiger partial charge in [0, 0.05) is 16.2 Å². The quantitative estimate of drug-likeness (QED) is 0.776. The Balaban J connectivity index is 2.48. The first-order valence-corrected chi connectivity index (χ1v) is 7.00. The zero-order chi connectivity index (χ0) is 15.3. The Hall–Kier alpha value is -1.89. The molecule has 110 valence electrons. The van der Waals surface area contributed by atoms with Crippen LogP contribution in [0.1, 0.15) is 41.1 Å². The number of carbonyl (C=O) groups excluding carboxylic acids is 2. The molecule has 0 spiro atoms.